The van der Waals surface area contributed by atoms with Crippen LogP contribution >= 0.6 is 27.5 Å². The zero-order valence-corrected chi connectivity index (χ0v) is 11.8. The topological polar surface area (TPSA) is 83.8 Å². The molecule has 0 saturated heterocycles. The van der Waals surface area contributed by atoms with Crippen molar-refractivity contribution in [1.82, 2.24) is 10.2 Å². The molecule has 0 spiro atoms. The molecule has 1 aromatic heterocycles. The van der Waals surface area contributed by atoms with E-state index >= 15 is 0 Å². The Kier molecular flexibility index (Phi) is 3.58. The van der Waals surface area contributed by atoms with Crippen LogP contribution in [-0.4, -0.2) is 16.1 Å². The number of hydrogen-bond acceptors (Lipinski definition) is 3. The number of nitrogens with two attached hydrogens (primary N) is 1. The molecule has 0 aliphatic rings. The molecule has 5 nitrogen and oxygen atoms in total. The summed E-state index contributed by atoms with van der Waals surface area (Å²) in [6.07, 6.45) is 0. The summed E-state index contributed by atoms with van der Waals surface area (Å²) in [5, 5.41) is 9.52. The lowest BCUT2D eigenvalue weighted by atomic mass is 10.2. The summed E-state index contributed by atoms with van der Waals surface area (Å²) in [4.78, 5) is 11.9. The zero-order valence-electron chi connectivity index (χ0n) is 9.42. The number of amides is 1. The largest absolute Gasteiger partial charge is 0.382 e. The van der Waals surface area contributed by atoms with E-state index in [1.165, 1.54) is 6.07 Å². The fourth-order valence-electron chi connectivity index (χ4n) is 1.39. The molecular formula is C11H10BrClN4O. The molecule has 2 rings (SSSR count). The highest BCUT2D eigenvalue weighted by molar-refractivity contribution is 9.10. The fraction of sp³-hybridized carbons (Fsp3) is 0.0909. The third-order valence-corrected chi connectivity index (χ3v) is 3.40. The van der Waals surface area contributed by atoms with Crippen molar-refractivity contribution < 1.29 is 4.79 Å². The van der Waals surface area contributed by atoms with E-state index in [1.54, 1.807) is 6.07 Å². The van der Waals surface area contributed by atoms with Gasteiger partial charge in [0.25, 0.3) is 5.91 Å². The number of halogens is 2. The summed E-state index contributed by atoms with van der Waals surface area (Å²) in [6.45, 7) is 1.88. The smallest absolute Gasteiger partial charge is 0.273 e. The fourth-order valence-corrected chi connectivity index (χ4v) is 2.11. The van der Waals surface area contributed by atoms with E-state index < -0.39 is 0 Å². The zero-order chi connectivity index (χ0) is 13.3. The summed E-state index contributed by atoms with van der Waals surface area (Å²) >= 11 is 9.37. The molecule has 0 radical (unpaired) electrons. The lowest BCUT2D eigenvalue weighted by molar-refractivity contribution is 0.102. The first-order valence-electron chi connectivity index (χ1n) is 5.05. The van der Waals surface area contributed by atoms with Crippen molar-refractivity contribution in [2.45, 2.75) is 6.92 Å². The average Bonchev–Trinajstić information content (AvgIpc) is 2.73. The molecular weight excluding hydrogens is 320 g/mol. The van der Waals surface area contributed by atoms with Crippen LogP contribution in [0.3, 0.4) is 0 Å². The molecule has 1 aromatic carbocycles. The van der Waals surface area contributed by atoms with Crippen molar-refractivity contribution in [3.8, 4) is 0 Å². The van der Waals surface area contributed by atoms with Crippen molar-refractivity contribution >= 4 is 44.9 Å². The van der Waals surface area contributed by atoms with Gasteiger partial charge < -0.3 is 11.1 Å². The van der Waals surface area contributed by atoms with Gasteiger partial charge >= 0.3 is 0 Å². The molecule has 0 saturated carbocycles. The standard InChI is InChI=1S/C11H10BrClN4O/c1-5-2-6(12)8(3-7(5)13)15-11(18)9-4-10(14)17-16-9/h2-4H,1H3,(H,15,18)(H3,14,16,17). The first-order valence-corrected chi connectivity index (χ1v) is 6.22. The maximum absolute atomic E-state index is 11.9. The number of nitrogens with one attached hydrogen (secondary N) is 2. The van der Waals surface area contributed by atoms with Gasteiger partial charge in [-0.25, -0.2) is 0 Å². The van der Waals surface area contributed by atoms with Crippen LogP contribution in [0.5, 0.6) is 0 Å². The van der Waals surface area contributed by atoms with Crippen LogP contribution in [0.25, 0.3) is 0 Å². The first-order chi connectivity index (χ1) is 8.47. The number of nitrogen functional groups attached to an aromatic ring is 1. The second kappa shape index (κ2) is 4.99. The van der Waals surface area contributed by atoms with E-state index in [0.717, 1.165) is 10.0 Å². The maximum Gasteiger partial charge on any atom is 0.273 e. The molecule has 94 valence electrons. The number of anilines is 2. The Balaban J connectivity index is 2.24. The van der Waals surface area contributed by atoms with E-state index in [2.05, 4.69) is 31.4 Å². The van der Waals surface area contributed by atoms with Crippen LogP contribution in [0.15, 0.2) is 22.7 Å². The van der Waals surface area contributed by atoms with Gasteiger partial charge in [0.1, 0.15) is 11.5 Å². The molecule has 0 atom stereocenters. The summed E-state index contributed by atoms with van der Waals surface area (Å²) in [5.74, 6) is -0.0685. The Morgan fingerprint density at radius 3 is 2.83 bits per heavy atom. The number of aromatic amines is 1. The number of carbonyl (C=O) groups excluding carboxylic acids is 1. The lowest BCUT2D eigenvalue weighted by Crippen LogP contribution is -2.12. The third-order valence-electron chi connectivity index (χ3n) is 2.34. The Labute approximate surface area is 117 Å². The molecule has 1 heterocycles. The minimum atomic E-state index is -0.334. The summed E-state index contributed by atoms with van der Waals surface area (Å²) in [5.41, 5.74) is 7.23. The molecule has 0 unspecified atom stereocenters. The number of aryl methyl sites for hydroxylation is 1. The average molecular weight is 330 g/mol. The van der Waals surface area contributed by atoms with Crippen LogP contribution in [-0.2, 0) is 0 Å². The number of H-pyrrole nitrogens is 1. The molecule has 0 bridgehead atoms. The monoisotopic (exact) mass is 328 g/mol. The molecule has 7 heteroatoms. The van der Waals surface area contributed by atoms with Crippen LogP contribution in [0.1, 0.15) is 16.1 Å². The van der Waals surface area contributed by atoms with Gasteiger partial charge in [-0.15, -0.1) is 0 Å². The number of nitrogens with zero attached hydrogens (tertiary/aromatic N) is 1. The normalized spacial score (nSPS) is 10.4. The van der Waals surface area contributed by atoms with Crippen LogP contribution < -0.4 is 11.1 Å². The van der Waals surface area contributed by atoms with Crippen molar-refractivity contribution in [3.63, 3.8) is 0 Å². The summed E-state index contributed by atoms with van der Waals surface area (Å²) in [6, 6.07) is 4.97. The van der Waals surface area contributed by atoms with Gasteiger partial charge in [-0.1, -0.05) is 11.6 Å². The van der Waals surface area contributed by atoms with Gasteiger partial charge in [0, 0.05) is 15.6 Å². The number of carbonyl (C=O) groups is 1. The summed E-state index contributed by atoms with van der Waals surface area (Å²) in [7, 11) is 0. The first kappa shape index (κ1) is 12.9. The van der Waals surface area contributed by atoms with E-state index in [-0.39, 0.29) is 17.4 Å². The number of hydrogen-bond donors (Lipinski definition) is 3. The summed E-state index contributed by atoms with van der Waals surface area (Å²) < 4.78 is 0.755. The van der Waals surface area contributed by atoms with Crippen LogP contribution in [0, 0.1) is 6.92 Å². The van der Waals surface area contributed by atoms with Gasteiger partial charge in [-0.05, 0) is 40.5 Å². The molecule has 1 amide bonds. The Bertz CT molecular complexity index is 611. The highest BCUT2D eigenvalue weighted by Gasteiger charge is 2.12. The van der Waals surface area contributed by atoms with Crippen LogP contribution in [0.2, 0.25) is 5.02 Å². The van der Waals surface area contributed by atoms with Crippen molar-refractivity contribution in [3.05, 3.63) is 39.0 Å². The van der Waals surface area contributed by atoms with Crippen molar-refractivity contribution in [1.29, 1.82) is 0 Å². The van der Waals surface area contributed by atoms with E-state index in [9.17, 15) is 4.79 Å². The highest BCUT2D eigenvalue weighted by atomic mass is 79.9. The molecule has 0 aliphatic carbocycles. The van der Waals surface area contributed by atoms with Gasteiger partial charge in [-0.3, -0.25) is 9.89 Å². The predicted octanol–water partition coefficient (Wildman–Crippen LogP) is 2.97. The number of benzene rings is 1. The van der Waals surface area contributed by atoms with Gasteiger partial charge in [-0.2, -0.15) is 5.10 Å². The van der Waals surface area contributed by atoms with Crippen LogP contribution in [0.4, 0.5) is 11.5 Å². The minimum absolute atomic E-state index is 0.265. The molecule has 0 fully saturated rings. The second-order valence-corrected chi connectivity index (χ2v) is 5.00. The Hall–Kier alpha value is -1.53. The van der Waals surface area contributed by atoms with E-state index in [0.29, 0.717) is 10.7 Å². The SMILES string of the molecule is Cc1cc(Br)c(NC(=O)c2cc(N)n[nH]2)cc1Cl. The maximum atomic E-state index is 11.9. The van der Waals surface area contributed by atoms with Crippen molar-refractivity contribution in [2.75, 3.05) is 11.1 Å². The highest BCUT2D eigenvalue weighted by Crippen LogP contribution is 2.29. The third kappa shape index (κ3) is 2.65. The lowest BCUT2D eigenvalue weighted by Gasteiger charge is -2.08. The number of rotatable bonds is 2. The second-order valence-electron chi connectivity index (χ2n) is 3.74. The number of aromatic nitrogens is 2. The van der Waals surface area contributed by atoms with Gasteiger partial charge in [0.15, 0.2) is 0 Å². The molecule has 4 N–H and O–H groups in total. The van der Waals surface area contributed by atoms with Gasteiger partial charge in [0.2, 0.25) is 0 Å². The van der Waals surface area contributed by atoms with Gasteiger partial charge in [0.05, 0.1) is 5.69 Å². The van der Waals surface area contributed by atoms with E-state index in [4.69, 9.17) is 17.3 Å². The molecule has 0 aliphatic heterocycles. The Morgan fingerprint density at radius 1 is 1.50 bits per heavy atom. The molecule has 18 heavy (non-hydrogen) atoms. The quantitative estimate of drug-likeness (QED) is 0.792. The molecule has 2 aromatic rings. The van der Waals surface area contributed by atoms with Crippen molar-refractivity contribution in [2.24, 2.45) is 0 Å². The Morgan fingerprint density at radius 2 is 2.22 bits per heavy atom. The van der Waals surface area contributed by atoms with E-state index in [1.807, 2.05) is 13.0 Å². The predicted molar refractivity (Wildman–Crippen MR) is 74.8 cm³/mol. The minimum Gasteiger partial charge on any atom is -0.382 e.